The number of sulfonamides is 1. The number of anilines is 1. The molecule has 0 fully saturated rings. The number of aliphatic hydroxyl groups is 1. The second-order valence-electron chi connectivity index (χ2n) is 6.56. The molecule has 29 heavy (non-hydrogen) atoms. The number of pyridine rings is 1. The van der Waals surface area contributed by atoms with Crippen LogP contribution in [0.2, 0.25) is 5.02 Å². The highest BCUT2D eigenvalue weighted by Gasteiger charge is 2.47. The summed E-state index contributed by atoms with van der Waals surface area (Å²) in [7, 11) is -4.07. The molecule has 2 aromatic carbocycles. The Labute approximate surface area is 181 Å². The van der Waals surface area contributed by atoms with E-state index in [9.17, 15) is 13.5 Å². The van der Waals surface area contributed by atoms with Gasteiger partial charge in [0.05, 0.1) is 9.92 Å². The molecule has 9 heteroatoms. The summed E-state index contributed by atoms with van der Waals surface area (Å²) in [6, 6.07) is 14.9. The van der Waals surface area contributed by atoms with Gasteiger partial charge in [-0.25, -0.2) is 17.7 Å². The Morgan fingerprint density at radius 3 is 2.55 bits per heavy atom. The zero-order valence-electron chi connectivity index (χ0n) is 15.2. The van der Waals surface area contributed by atoms with Gasteiger partial charge in [-0.3, -0.25) is 0 Å². The number of hydrogen-bond donors (Lipinski definition) is 1. The molecule has 0 unspecified atom stereocenters. The van der Waals surface area contributed by atoms with E-state index in [1.165, 1.54) is 18.3 Å². The number of benzene rings is 2. The van der Waals surface area contributed by atoms with Gasteiger partial charge in [0, 0.05) is 16.2 Å². The van der Waals surface area contributed by atoms with E-state index in [1.807, 2.05) is 6.92 Å². The SMILES string of the molecule is Cc1ccc(S(=O)(=O)N2c3ncc(Br)cc3[C@H](Oc3ccccc3Cl)[C@H]2O)cc1. The Kier molecular flexibility index (Phi) is 5.29. The molecule has 0 aliphatic carbocycles. The predicted octanol–water partition coefficient (Wildman–Crippen LogP) is 4.45. The first kappa shape index (κ1) is 20.2. The Morgan fingerprint density at radius 1 is 1.17 bits per heavy atom. The quantitative estimate of drug-likeness (QED) is 0.578. The average molecular weight is 496 g/mol. The van der Waals surface area contributed by atoms with Gasteiger partial charge in [-0.2, -0.15) is 0 Å². The lowest BCUT2D eigenvalue weighted by Crippen LogP contribution is -2.40. The van der Waals surface area contributed by atoms with Gasteiger partial charge in [0.1, 0.15) is 5.75 Å². The molecule has 6 nitrogen and oxygen atoms in total. The molecule has 150 valence electrons. The van der Waals surface area contributed by atoms with Crippen LogP contribution in [-0.4, -0.2) is 24.7 Å². The van der Waals surface area contributed by atoms with Gasteiger partial charge in [0.25, 0.3) is 10.0 Å². The molecular formula is C20H16BrClN2O4S. The average Bonchev–Trinajstić information content (AvgIpc) is 2.95. The van der Waals surface area contributed by atoms with Crippen molar-refractivity contribution in [3.63, 3.8) is 0 Å². The highest BCUT2D eigenvalue weighted by molar-refractivity contribution is 9.10. The fraction of sp³-hybridized carbons (Fsp3) is 0.150. The van der Waals surface area contributed by atoms with Crippen molar-refractivity contribution in [1.82, 2.24) is 4.98 Å². The number of nitrogens with zero attached hydrogens (tertiary/aromatic N) is 2. The van der Waals surface area contributed by atoms with Crippen LogP contribution in [0.3, 0.4) is 0 Å². The molecule has 1 aromatic heterocycles. The molecule has 2 atom stereocenters. The van der Waals surface area contributed by atoms with E-state index in [4.69, 9.17) is 16.3 Å². The Hall–Kier alpha value is -2.13. The minimum absolute atomic E-state index is 0.0520. The number of rotatable bonds is 4. The van der Waals surface area contributed by atoms with E-state index in [1.54, 1.807) is 42.5 Å². The standard InChI is InChI=1S/C20H16BrClN2O4S/c1-12-6-8-14(9-7-12)29(26,27)24-19-15(10-13(21)11-23-19)18(20(24)25)28-17-5-3-2-4-16(17)22/h2-11,18,20,25H,1H3/t18-,20+/m0/s1. The maximum absolute atomic E-state index is 13.3. The largest absolute Gasteiger partial charge is 0.479 e. The lowest BCUT2D eigenvalue weighted by Gasteiger charge is -2.25. The first-order valence-corrected chi connectivity index (χ1v) is 11.3. The van der Waals surface area contributed by atoms with Crippen LogP contribution in [0.25, 0.3) is 0 Å². The van der Waals surface area contributed by atoms with Crippen molar-refractivity contribution in [2.24, 2.45) is 0 Å². The van der Waals surface area contributed by atoms with Gasteiger partial charge in [-0.05, 0) is 53.2 Å². The van der Waals surface area contributed by atoms with Crippen LogP contribution in [0, 0.1) is 6.92 Å². The molecule has 1 N–H and O–H groups in total. The molecule has 0 spiro atoms. The third-order valence-electron chi connectivity index (χ3n) is 4.56. The number of hydrogen-bond acceptors (Lipinski definition) is 5. The molecular weight excluding hydrogens is 480 g/mol. The van der Waals surface area contributed by atoms with Crippen LogP contribution in [0.4, 0.5) is 5.82 Å². The zero-order valence-corrected chi connectivity index (χ0v) is 18.3. The van der Waals surface area contributed by atoms with Crippen molar-refractivity contribution in [2.45, 2.75) is 24.2 Å². The first-order valence-electron chi connectivity index (χ1n) is 8.65. The minimum Gasteiger partial charge on any atom is -0.479 e. The lowest BCUT2D eigenvalue weighted by atomic mass is 10.2. The van der Waals surface area contributed by atoms with Gasteiger partial charge in [0.15, 0.2) is 18.1 Å². The maximum atomic E-state index is 13.3. The summed E-state index contributed by atoms with van der Waals surface area (Å²) in [5.74, 6) is 0.442. The first-order chi connectivity index (χ1) is 13.8. The number of para-hydroxylation sites is 1. The number of ether oxygens (including phenoxy) is 1. The molecule has 2 heterocycles. The van der Waals surface area contributed by atoms with Crippen LogP contribution in [-0.2, 0) is 10.0 Å². The van der Waals surface area contributed by atoms with E-state index in [2.05, 4.69) is 20.9 Å². The van der Waals surface area contributed by atoms with E-state index in [0.717, 1.165) is 9.87 Å². The molecule has 0 saturated carbocycles. The van der Waals surface area contributed by atoms with Crippen LogP contribution in [0.1, 0.15) is 17.2 Å². The Morgan fingerprint density at radius 2 is 1.86 bits per heavy atom. The lowest BCUT2D eigenvalue weighted by molar-refractivity contribution is 0.0548. The topological polar surface area (TPSA) is 79.7 Å². The second kappa shape index (κ2) is 7.60. The smallest absolute Gasteiger partial charge is 0.267 e. The van der Waals surface area contributed by atoms with Gasteiger partial charge in [-0.15, -0.1) is 0 Å². The summed E-state index contributed by atoms with van der Waals surface area (Å²) >= 11 is 9.52. The van der Waals surface area contributed by atoms with Crippen molar-refractivity contribution in [3.8, 4) is 5.75 Å². The third kappa shape index (κ3) is 3.61. The summed E-state index contributed by atoms with van der Waals surface area (Å²) < 4.78 is 34.1. The van der Waals surface area contributed by atoms with Crippen molar-refractivity contribution < 1.29 is 18.3 Å². The molecule has 4 rings (SSSR count). The monoisotopic (exact) mass is 494 g/mol. The summed E-state index contributed by atoms with van der Waals surface area (Å²) in [4.78, 5) is 4.29. The van der Waals surface area contributed by atoms with Gasteiger partial charge in [0.2, 0.25) is 0 Å². The van der Waals surface area contributed by atoms with Crippen molar-refractivity contribution >= 4 is 43.4 Å². The second-order valence-corrected chi connectivity index (χ2v) is 9.70. The summed E-state index contributed by atoms with van der Waals surface area (Å²) in [6.07, 6.45) is -1.05. The minimum atomic E-state index is -4.07. The third-order valence-corrected chi connectivity index (χ3v) is 7.08. The molecule has 1 aliphatic rings. The maximum Gasteiger partial charge on any atom is 0.267 e. The number of halogens is 2. The fourth-order valence-corrected chi connectivity index (χ4v) is 5.14. The molecule has 1 aliphatic heterocycles. The molecule has 0 bridgehead atoms. The van der Waals surface area contributed by atoms with Crippen molar-refractivity contribution in [2.75, 3.05) is 4.31 Å². The molecule has 0 radical (unpaired) electrons. The number of aryl methyl sites for hydroxylation is 1. The van der Waals surface area contributed by atoms with E-state index >= 15 is 0 Å². The summed E-state index contributed by atoms with van der Waals surface area (Å²) in [5.41, 5.74) is 1.36. The number of aromatic nitrogens is 1. The molecule has 3 aromatic rings. The highest BCUT2D eigenvalue weighted by Crippen LogP contribution is 2.44. The summed E-state index contributed by atoms with van der Waals surface area (Å²) in [6.45, 7) is 1.86. The highest BCUT2D eigenvalue weighted by atomic mass is 79.9. The molecule has 0 amide bonds. The van der Waals surface area contributed by atoms with Crippen LogP contribution in [0.15, 0.2) is 70.2 Å². The van der Waals surface area contributed by atoms with Crippen LogP contribution in [0.5, 0.6) is 5.75 Å². The van der Waals surface area contributed by atoms with E-state index < -0.39 is 22.4 Å². The fourth-order valence-electron chi connectivity index (χ4n) is 3.13. The zero-order chi connectivity index (χ0) is 20.8. The van der Waals surface area contributed by atoms with Gasteiger partial charge >= 0.3 is 0 Å². The van der Waals surface area contributed by atoms with Gasteiger partial charge in [-0.1, -0.05) is 41.4 Å². The predicted molar refractivity (Wildman–Crippen MR) is 114 cm³/mol. The number of aliphatic hydroxyl groups excluding tert-OH is 1. The summed E-state index contributed by atoms with van der Waals surface area (Å²) in [5, 5.41) is 11.3. The Bertz CT molecular complexity index is 1170. The normalized spacial score (nSPS) is 18.6. The van der Waals surface area contributed by atoms with Gasteiger partial charge < -0.3 is 9.84 Å². The van der Waals surface area contributed by atoms with Crippen LogP contribution < -0.4 is 9.04 Å². The van der Waals surface area contributed by atoms with Crippen molar-refractivity contribution in [3.05, 3.63) is 81.4 Å². The van der Waals surface area contributed by atoms with Crippen molar-refractivity contribution in [1.29, 1.82) is 0 Å². The van der Waals surface area contributed by atoms with Crippen LogP contribution >= 0.6 is 27.5 Å². The number of fused-ring (bicyclic) bond motifs is 1. The Balaban J connectivity index is 1.81. The van der Waals surface area contributed by atoms with E-state index in [0.29, 0.717) is 20.8 Å². The molecule has 0 saturated heterocycles. The van der Waals surface area contributed by atoms with E-state index in [-0.39, 0.29) is 10.7 Å².